The highest BCUT2D eigenvalue weighted by Gasteiger charge is 2.16. The predicted octanol–water partition coefficient (Wildman–Crippen LogP) is 2.98. The summed E-state index contributed by atoms with van der Waals surface area (Å²) in [6.07, 6.45) is 1.46. The van der Waals surface area contributed by atoms with Gasteiger partial charge in [0.25, 0.3) is 5.91 Å². The van der Waals surface area contributed by atoms with Crippen molar-refractivity contribution in [3.8, 4) is 0 Å². The first-order valence-corrected chi connectivity index (χ1v) is 7.76. The van der Waals surface area contributed by atoms with Crippen LogP contribution in [0.25, 0.3) is 0 Å². The number of rotatable bonds is 6. The number of aromatic nitrogens is 1. The van der Waals surface area contributed by atoms with Gasteiger partial charge in [-0.15, -0.1) is 0 Å². The van der Waals surface area contributed by atoms with Crippen LogP contribution in [0.4, 0.5) is 19.0 Å². The number of halogens is 3. The maximum atomic E-state index is 13.6. The zero-order chi connectivity index (χ0) is 16.8. The van der Waals surface area contributed by atoms with Gasteiger partial charge in [-0.1, -0.05) is 0 Å². The van der Waals surface area contributed by atoms with Crippen LogP contribution >= 0.6 is 11.8 Å². The Morgan fingerprint density at radius 1 is 1.17 bits per heavy atom. The van der Waals surface area contributed by atoms with E-state index in [0.717, 1.165) is 5.56 Å². The Morgan fingerprint density at radius 3 is 2.65 bits per heavy atom. The van der Waals surface area contributed by atoms with Crippen molar-refractivity contribution in [1.82, 2.24) is 4.98 Å². The summed E-state index contributed by atoms with van der Waals surface area (Å²) in [5, 5.41) is 11.1. The molecule has 8 heteroatoms. The predicted molar refractivity (Wildman–Crippen MR) is 81.8 cm³/mol. The van der Waals surface area contributed by atoms with Crippen molar-refractivity contribution in [2.24, 2.45) is 0 Å². The summed E-state index contributed by atoms with van der Waals surface area (Å²) in [6.45, 7) is 0.0642. The molecule has 1 aromatic carbocycles. The molecule has 0 aliphatic heterocycles. The number of hydrogen-bond acceptors (Lipinski definition) is 4. The average molecular weight is 342 g/mol. The van der Waals surface area contributed by atoms with Gasteiger partial charge in [-0.3, -0.25) is 4.79 Å². The van der Waals surface area contributed by atoms with Gasteiger partial charge in [0.15, 0.2) is 11.6 Å². The number of benzene rings is 1. The van der Waals surface area contributed by atoms with Crippen molar-refractivity contribution in [3.63, 3.8) is 0 Å². The molecule has 0 fully saturated rings. The van der Waals surface area contributed by atoms with Gasteiger partial charge in [-0.2, -0.15) is 11.8 Å². The summed E-state index contributed by atoms with van der Waals surface area (Å²) >= 11 is 1.49. The van der Waals surface area contributed by atoms with Gasteiger partial charge >= 0.3 is 0 Å². The second-order valence-corrected chi connectivity index (χ2v) is 5.63. The van der Waals surface area contributed by atoms with Crippen molar-refractivity contribution in [1.29, 1.82) is 0 Å². The van der Waals surface area contributed by atoms with E-state index in [1.807, 2.05) is 0 Å². The van der Waals surface area contributed by atoms with Crippen molar-refractivity contribution < 1.29 is 23.1 Å². The first-order chi connectivity index (χ1) is 11.0. The third-order valence-corrected chi connectivity index (χ3v) is 3.83. The SMILES string of the molecule is O=C(Nc1cc(CSCCO)ccn1)c1cc(F)c(F)cc1F. The monoisotopic (exact) mass is 342 g/mol. The molecule has 0 aliphatic rings. The second-order valence-electron chi connectivity index (χ2n) is 4.53. The molecule has 0 atom stereocenters. The first kappa shape index (κ1) is 17.3. The zero-order valence-electron chi connectivity index (χ0n) is 11.9. The molecular formula is C15H13F3N2O2S. The molecule has 1 aromatic heterocycles. The van der Waals surface area contributed by atoms with Crippen LogP contribution in [0, 0.1) is 17.5 Å². The third kappa shape index (κ3) is 4.70. The number of nitrogens with zero attached hydrogens (tertiary/aromatic N) is 1. The molecule has 0 unspecified atom stereocenters. The number of hydrogen-bond donors (Lipinski definition) is 2. The number of nitrogens with one attached hydrogen (secondary N) is 1. The Morgan fingerprint density at radius 2 is 1.91 bits per heavy atom. The average Bonchev–Trinajstić information content (AvgIpc) is 2.51. The van der Waals surface area contributed by atoms with Crippen LogP contribution in [0.1, 0.15) is 15.9 Å². The minimum Gasteiger partial charge on any atom is -0.396 e. The van der Waals surface area contributed by atoms with Crippen LogP contribution in [-0.2, 0) is 5.75 Å². The van der Waals surface area contributed by atoms with Crippen molar-refractivity contribution in [3.05, 3.63) is 59.0 Å². The van der Waals surface area contributed by atoms with Gasteiger partial charge in [-0.05, 0) is 23.8 Å². The maximum absolute atomic E-state index is 13.6. The van der Waals surface area contributed by atoms with Crippen molar-refractivity contribution >= 4 is 23.5 Å². The number of thioether (sulfide) groups is 1. The highest BCUT2D eigenvalue weighted by atomic mass is 32.2. The molecule has 0 saturated carbocycles. The summed E-state index contributed by atoms with van der Waals surface area (Å²) in [4.78, 5) is 15.9. The molecule has 0 aliphatic carbocycles. The number of carbonyl (C=O) groups excluding carboxylic acids is 1. The maximum Gasteiger partial charge on any atom is 0.259 e. The van der Waals surface area contributed by atoms with Crippen LogP contribution in [-0.4, -0.2) is 28.4 Å². The first-order valence-electron chi connectivity index (χ1n) is 6.60. The lowest BCUT2D eigenvalue weighted by atomic mass is 10.2. The third-order valence-electron chi connectivity index (χ3n) is 2.82. The Labute approximate surface area is 134 Å². The molecule has 122 valence electrons. The normalized spacial score (nSPS) is 10.6. The number of amides is 1. The summed E-state index contributed by atoms with van der Waals surface area (Å²) < 4.78 is 39.6. The molecule has 0 saturated heterocycles. The van der Waals surface area contributed by atoms with Gasteiger partial charge in [0.2, 0.25) is 0 Å². The van der Waals surface area contributed by atoms with Crippen molar-refractivity contribution in [2.75, 3.05) is 17.7 Å². The Bertz CT molecular complexity index is 713. The molecular weight excluding hydrogens is 329 g/mol. The van der Waals surface area contributed by atoms with Crippen LogP contribution in [0.5, 0.6) is 0 Å². The summed E-state index contributed by atoms with van der Waals surface area (Å²) in [5.41, 5.74) is 0.241. The number of carbonyl (C=O) groups is 1. The molecule has 4 nitrogen and oxygen atoms in total. The van der Waals surface area contributed by atoms with Gasteiger partial charge < -0.3 is 10.4 Å². The van der Waals surface area contributed by atoms with Crippen LogP contribution in [0.15, 0.2) is 30.5 Å². The minimum atomic E-state index is -1.36. The minimum absolute atomic E-state index is 0.0642. The molecule has 0 bridgehead atoms. The molecule has 1 heterocycles. The lowest BCUT2D eigenvalue weighted by molar-refractivity contribution is 0.102. The number of anilines is 1. The fourth-order valence-corrected chi connectivity index (χ4v) is 2.46. The van der Waals surface area contributed by atoms with E-state index in [1.54, 1.807) is 12.1 Å². The summed E-state index contributed by atoms with van der Waals surface area (Å²) in [7, 11) is 0. The Hall–Kier alpha value is -2.06. The van der Waals surface area contributed by atoms with Gasteiger partial charge in [0.1, 0.15) is 11.6 Å². The van der Waals surface area contributed by atoms with E-state index >= 15 is 0 Å². The highest BCUT2D eigenvalue weighted by Crippen LogP contribution is 2.17. The highest BCUT2D eigenvalue weighted by molar-refractivity contribution is 7.98. The van der Waals surface area contributed by atoms with Crippen LogP contribution in [0.2, 0.25) is 0 Å². The van der Waals surface area contributed by atoms with E-state index in [1.165, 1.54) is 18.0 Å². The van der Waals surface area contributed by atoms with Gasteiger partial charge in [0.05, 0.1) is 12.2 Å². The summed E-state index contributed by atoms with van der Waals surface area (Å²) in [6, 6.07) is 4.14. The van der Waals surface area contributed by atoms with Crippen LogP contribution in [0.3, 0.4) is 0 Å². The molecule has 2 rings (SSSR count). The standard InChI is InChI=1S/C15H13F3N2O2S/c16-11-7-13(18)12(17)6-10(11)15(22)20-14-5-9(1-2-19-14)8-23-4-3-21/h1-2,5-7,21H,3-4,8H2,(H,19,20,22). The van der Waals surface area contributed by atoms with E-state index in [4.69, 9.17) is 5.11 Å². The Balaban J connectivity index is 2.11. The quantitative estimate of drug-likeness (QED) is 0.626. The summed E-state index contributed by atoms with van der Waals surface area (Å²) in [5.74, 6) is -3.40. The molecule has 0 spiro atoms. The lowest BCUT2D eigenvalue weighted by Gasteiger charge is -2.07. The fourth-order valence-electron chi connectivity index (χ4n) is 1.77. The van der Waals surface area contributed by atoms with E-state index < -0.39 is 28.9 Å². The van der Waals surface area contributed by atoms with Crippen LogP contribution < -0.4 is 5.32 Å². The second kappa shape index (κ2) is 7.98. The van der Waals surface area contributed by atoms with Crippen molar-refractivity contribution in [2.45, 2.75) is 5.75 Å². The fraction of sp³-hybridized carbons (Fsp3) is 0.200. The molecule has 2 N–H and O–H groups in total. The number of aliphatic hydroxyl groups is 1. The largest absolute Gasteiger partial charge is 0.396 e. The number of aliphatic hydroxyl groups excluding tert-OH is 1. The smallest absolute Gasteiger partial charge is 0.259 e. The number of pyridine rings is 1. The topological polar surface area (TPSA) is 62.2 Å². The zero-order valence-corrected chi connectivity index (χ0v) is 12.7. The van der Waals surface area contributed by atoms with E-state index in [0.29, 0.717) is 23.6 Å². The lowest BCUT2D eigenvalue weighted by Crippen LogP contribution is -2.15. The van der Waals surface area contributed by atoms with E-state index in [2.05, 4.69) is 10.3 Å². The molecule has 23 heavy (non-hydrogen) atoms. The Kier molecular flexibility index (Phi) is 6.00. The molecule has 2 aromatic rings. The molecule has 1 amide bonds. The van der Waals surface area contributed by atoms with Gasteiger partial charge in [-0.25, -0.2) is 18.2 Å². The molecule has 0 radical (unpaired) electrons. The van der Waals surface area contributed by atoms with E-state index in [9.17, 15) is 18.0 Å². The van der Waals surface area contributed by atoms with E-state index in [-0.39, 0.29) is 12.4 Å². The van der Waals surface area contributed by atoms with Gasteiger partial charge in [0, 0.05) is 23.8 Å².